The lowest BCUT2D eigenvalue weighted by atomic mass is 9.53. The number of hydrogen-bond donors (Lipinski definition) is 1. The van der Waals surface area contributed by atoms with Gasteiger partial charge < -0.3 is 14.8 Å². The highest BCUT2D eigenvalue weighted by Gasteiger charge is 2.66. The monoisotopic (exact) mass is 439 g/mol. The van der Waals surface area contributed by atoms with Crippen LogP contribution in [0, 0.1) is 23.7 Å². The summed E-state index contributed by atoms with van der Waals surface area (Å²) in [5, 5.41) is 3.40. The van der Waals surface area contributed by atoms with E-state index in [1.165, 1.54) is 37.7 Å². The molecule has 0 radical (unpaired) electrons. The van der Waals surface area contributed by atoms with Gasteiger partial charge in [-0.2, -0.15) is 9.78 Å². The van der Waals surface area contributed by atoms with Crippen molar-refractivity contribution in [1.29, 1.82) is 0 Å². The zero-order chi connectivity index (χ0) is 21.2. The first-order valence-corrected chi connectivity index (χ1v) is 13.2. The van der Waals surface area contributed by atoms with Crippen LogP contribution in [0.25, 0.3) is 0 Å². The number of piperidine rings is 1. The number of nitrogens with one attached hydrogen (secondary N) is 1. The van der Waals surface area contributed by atoms with E-state index in [0.717, 1.165) is 69.2 Å². The lowest BCUT2D eigenvalue weighted by Crippen LogP contribution is -2.59. The molecular weight excluding hydrogens is 402 g/mol. The van der Waals surface area contributed by atoms with Crippen LogP contribution in [0.15, 0.2) is 24.3 Å². The number of ether oxygens (including phenoxy) is 2. The molecule has 0 atom stereocenters. The molecule has 2 spiro atoms. The lowest BCUT2D eigenvalue weighted by molar-refractivity contribution is -0.390. The molecule has 0 amide bonds. The van der Waals surface area contributed by atoms with Gasteiger partial charge in [0.2, 0.25) is 11.6 Å². The minimum atomic E-state index is -0.510. The molecule has 5 heteroatoms. The van der Waals surface area contributed by atoms with Crippen molar-refractivity contribution in [1.82, 2.24) is 5.32 Å². The Bertz CT molecular complexity index is 797. The van der Waals surface area contributed by atoms with Gasteiger partial charge >= 0.3 is 0 Å². The van der Waals surface area contributed by atoms with Crippen molar-refractivity contribution in [2.24, 2.45) is 23.7 Å². The number of rotatable bonds is 3. The highest BCUT2D eigenvalue weighted by Crippen LogP contribution is 2.64. The van der Waals surface area contributed by atoms with Crippen LogP contribution in [0.1, 0.15) is 82.1 Å². The third-order valence-corrected chi connectivity index (χ3v) is 9.63. The number of hydrogen-bond acceptors (Lipinski definition) is 5. The molecule has 32 heavy (non-hydrogen) atoms. The molecule has 1 N–H and O–H groups in total. The maximum absolute atomic E-state index is 6.87. The van der Waals surface area contributed by atoms with Crippen molar-refractivity contribution in [3.63, 3.8) is 0 Å². The molecular formula is C27H37NO4. The van der Waals surface area contributed by atoms with E-state index in [4.69, 9.17) is 19.2 Å². The second-order valence-electron chi connectivity index (χ2n) is 11.6. The smallest absolute Gasteiger partial charge is 0.210 e. The Morgan fingerprint density at radius 2 is 1.44 bits per heavy atom. The van der Waals surface area contributed by atoms with Crippen molar-refractivity contribution in [2.45, 2.75) is 94.2 Å². The van der Waals surface area contributed by atoms with Crippen LogP contribution in [-0.4, -0.2) is 30.8 Å². The summed E-state index contributed by atoms with van der Waals surface area (Å²) in [6, 6.07) is 8.87. The highest BCUT2D eigenvalue weighted by molar-refractivity contribution is 5.30. The largest absolute Gasteiger partial charge is 0.490 e. The van der Waals surface area contributed by atoms with Crippen molar-refractivity contribution in [2.75, 3.05) is 13.1 Å². The lowest BCUT2D eigenvalue weighted by Gasteiger charge is -2.57. The molecule has 1 aromatic rings. The Hall–Kier alpha value is -1.14. The van der Waals surface area contributed by atoms with Crippen LogP contribution in [0.3, 0.4) is 0 Å². The molecule has 5 nitrogen and oxygen atoms in total. The quantitative estimate of drug-likeness (QED) is 0.648. The van der Waals surface area contributed by atoms with Gasteiger partial charge in [0.1, 0.15) is 11.9 Å². The van der Waals surface area contributed by atoms with Gasteiger partial charge in [-0.3, -0.25) is 0 Å². The summed E-state index contributed by atoms with van der Waals surface area (Å²) in [6.45, 7) is 2.12. The molecule has 2 aliphatic heterocycles. The van der Waals surface area contributed by atoms with E-state index in [1.807, 2.05) is 0 Å². The first kappa shape index (κ1) is 20.3. The molecule has 5 aliphatic carbocycles. The van der Waals surface area contributed by atoms with Crippen LogP contribution in [0.2, 0.25) is 0 Å². The molecule has 7 fully saturated rings. The summed E-state index contributed by atoms with van der Waals surface area (Å²) in [7, 11) is 0. The maximum atomic E-state index is 6.87. The Labute approximate surface area is 191 Å². The zero-order valence-electron chi connectivity index (χ0n) is 19.1. The SMILES string of the molecule is c1cc(C2CCC3(CC2)OOC2(O3)C3CC4CC(C3)CC2C4)ccc1OC1CCNCC1. The molecule has 0 aromatic heterocycles. The van der Waals surface area contributed by atoms with E-state index in [-0.39, 0.29) is 0 Å². The molecule has 174 valence electrons. The predicted octanol–water partition coefficient (Wildman–Crippen LogP) is 5.30. The molecule has 2 heterocycles. The fourth-order valence-electron chi connectivity index (χ4n) is 8.11. The van der Waals surface area contributed by atoms with E-state index in [1.54, 1.807) is 0 Å². The van der Waals surface area contributed by atoms with Crippen molar-refractivity contribution in [3.05, 3.63) is 29.8 Å². The first-order valence-electron chi connectivity index (χ1n) is 13.2. The second kappa shape index (κ2) is 7.69. The van der Waals surface area contributed by atoms with E-state index in [2.05, 4.69) is 29.6 Å². The Morgan fingerprint density at radius 1 is 0.781 bits per heavy atom. The average Bonchev–Trinajstić information content (AvgIpc) is 3.19. The fraction of sp³-hybridized carbons (Fsp3) is 0.778. The van der Waals surface area contributed by atoms with Gasteiger partial charge in [-0.15, -0.1) is 0 Å². The predicted molar refractivity (Wildman–Crippen MR) is 120 cm³/mol. The third kappa shape index (κ3) is 3.34. The zero-order valence-corrected chi connectivity index (χ0v) is 19.1. The highest BCUT2D eigenvalue weighted by atomic mass is 17.3. The number of benzene rings is 1. The molecule has 7 aliphatic rings. The summed E-state index contributed by atoms with van der Waals surface area (Å²) < 4.78 is 13.1. The van der Waals surface area contributed by atoms with Crippen LogP contribution in [-0.2, 0) is 14.5 Å². The minimum Gasteiger partial charge on any atom is -0.490 e. The second-order valence-corrected chi connectivity index (χ2v) is 11.6. The minimum absolute atomic E-state index is 0.353. The molecule has 5 saturated carbocycles. The van der Waals surface area contributed by atoms with Gasteiger partial charge in [0.25, 0.3) is 0 Å². The van der Waals surface area contributed by atoms with E-state index in [0.29, 0.717) is 23.9 Å². The van der Waals surface area contributed by atoms with Crippen LogP contribution >= 0.6 is 0 Å². The summed E-state index contributed by atoms with van der Waals surface area (Å²) in [5.74, 6) is 3.53. The maximum Gasteiger partial charge on any atom is 0.210 e. The van der Waals surface area contributed by atoms with Gasteiger partial charge in [-0.05, 0) is 106 Å². The van der Waals surface area contributed by atoms with E-state index < -0.39 is 11.6 Å². The molecule has 8 rings (SSSR count). The van der Waals surface area contributed by atoms with Crippen molar-refractivity contribution in [3.8, 4) is 5.75 Å². The summed E-state index contributed by atoms with van der Waals surface area (Å²) in [5.41, 5.74) is 1.42. The topological polar surface area (TPSA) is 49.0 Å². The average molecular weight is 440 g/mol. The van der Waals surface area contributed by atoms with Gasteiger partial charge in [-0.25, -0.2) is 0 Å². The third-order valence-electron chi connectivity index (χ3n) is 9.63. The fourth-order valence-corrected chi connectivity index (χ4v) is 8.11. The van der Waals surface area contributed by atoms with E-state index >= 15 is 0 Å². The van der Waals surface area contributed by atoms with Gasteiger partial charge in [-0.1, -0.05) is 12.1 Å². The van der Waals surface area contributed by atoms with Crippen LogP contribution in [0.5, 0.6) is 5.75 Å². The molecule has 2 saturated heterocycles. The molecule has 0 unspecified atom stereocenters. The van der Waals surface area contributed by atoms with E-state index in [9.17, 15) is 0 Å². The van der Waals surface area contributed by atoms with Gasteiger partial charge in [0.05, 0.1) is 0 Å². The van der Waals surface area contributed by atoms with Gasteiger partial charge in [0.15, 0.2) is 0 Å². The molecule has 1 aromatic carbocycles. The normalized spacial score (nSPS) is 45.7. The first-order chi connectivity index (χ1) is 15.7. The molecule has 4 bridgehead atoms. The summed E-state index contributed by atoms with van der Waals surface area (Å²) in [4.78, 5) is 12.3. The Morgan fingerprint density at radius 3 is 2.09 bits per heavy atom. The Balaban J connectivity index is 0.985. The van der Waals surface area contributed by atoms with Gasteiger partial charge in [0, 0.05) is 24.7 Å². The van der Waals surface area contributed by atoms with Crippen LogP contribution in [0.4, 0.5) is 0 Å². The summed E-state index contributed by atoms with van der Waals surface area (Å²) >= 11 is 0. The van der Waals surface area contributed by atoms with Crippen LogP contribution < -0.4 is 10.1 Å². The Kier molecular flexibility index (Phi) is 4.87. The standard InChI is InChI=1S/C27H37NO4/c1-3-24(29-25-7-11-28-12-8-25)4-2-20(1)21-5-9-26(10-6-21)30-27(32-31-26)22-14-18-13-19(16-22)17-23(27)15-18/h1-4,18-19,21-23,25,28H,5-17H2. The summed E-state index contributed by atoms with van der Waals surface area (Å²) in [6.07, 6.45) is 13.1. The van der Waals surface area contributed by atoms with Crippen molar-refractivity contribution < 1.29 is 19.2 Å². The van der Waals surface area contributed by atoms with Crippen molar-refractivity contribution >= 4 is 0 Å².